The van der Waals surface area contributed by atoms with Gasteiger partial charge in [0.15, 0.2) is 11.0 Å². The Morgan fingerprint density at radius 1 is 1.12 bits per heavy atom. The second-order valence-electron chi connectivity index (χ2n) is 8.80. The summed E-state index contributed by atoms with van der Waals surface area (Å²) in [5.74, 6) is 1.21. The van der Waals surface area contributed by atoms with E-state index in [2.05, 4.69) is 21.6 Å². The van der Waals surface area contributed by atoms with Crippen molar-refractivity contribution in [1.82, 2.24) is 20.1 Å². The molecule has 0 spiro atoms. The fraction of sp³-hybridized carbons (Fsp3) is 0.385. The number of hydrogen-bond donors (Lipinski definition) is 1. The van der Waals surface area contributed by atoms with E-state index < -0.39 is 10.8 Å². The van der Waals surface area contributed by atoms with Crippen LogP contribution in [0, 0.1) is 31.1 Å². The first-order valence-electron chi connectivity index (χ1n) is 11.2. The Morgan fingerprint density at radius 3 is 2.35 bits per heavy atom. The lowest BCUT2D eigenvalue weighted by Gasteiger charge is -2.28. The van der Waals surface area contributed by atoms with E-state index in [0.29, 0.717) is 11.0 Å². The Morgan fingerprint density at radius 2 is 1.76 bits per heavy atom. The normalized spacial score (nSPS) is 13.7. The van der Waals surface area contributed by atoms with Crippen LogP contribution in [0.4, 0.5) is 0 Å². The number of nitrogens with one attached hydrogen (secondary N) is 1. The smallest absolute Gasteiger partial charge is 0.234 e. The van der Waals surface area contributed by atoms with Crippen molar-refractivity contribution in [1.29, 1.82) is 5.26 Å². The summed E-state index contributed by atoms with van der Waals surface area (Å²) in [5.41, 5.74) is 2.04. The first kappa shape index (κ1) is 25.3. The highest BCUT2D eigenvalue weighted by Crippen LogP contribution is 2.28. The molecule has 2 unspecified atom stereocenters. The van der Waals surface area contributed by atoms with E-state index in [4.69, 9.17) is 4.74 Å². The Hall–Kier alpha value is -3.31. The molecule has 3 aromatic rings. The van der Waals surface area contributed by atoms with Crippen LogP contribution in [0.2, 0.25) is 0 Å². The maximum Gasteiger partial charge on any atom is 0.234 e. The Bertz CT molecular complexity index is 1170. The summed E-state index contributed by atoms with van der Waals surface area (Å²) >= 11 is 1.30. The highest BCUT2D eigenvalue weighted by molar-refractivity contribution is 8.00. The SMILES string of the molecule is Cc1cccc(C)c1OCc1nnc(SC(C)C(=O)NC(C)(C#N)C(C)C)n1-c1ccccc1. The van der Waals surface area contributed by atoms with Gasteiger partial charge in [-0.15, -0.1) is 10.2 Å². The van der Waals surface area contributed by atoms with E-state index in [1.54, 1.807) is 13.8 Å². The average molecular weight is 478 g/mol. The predicted octanol–water partition coefficient (Wildman–Crippen LogP) is 5.00. The van der Waals surface area contributed by atoms with Gasteiger partial charge in [0.1, 0.15) is 17.9 Å². The molecule has 0 aliphatic carbocycles. The first-order chi connectivity index (χ1) is 16.2. The molecule has 34 heavy (non-hydrogen) atoms. The maximum absolute atomic E-state index is 12.9. The average Bonchev–Trinajstić information content (AvgIpc) is 3.21. The number of carbonyl (C=O) groups is 1. The fourth-order valence-electron chi connectivity index (χ4n) is 3.34. The lowest BCUT2D eigenvalue weighted by molar-refractivity contribution is -0.121. The van der Waals surface area contributed by atoms with E-state index in [-0.39, 0.29) is 18.4 Å². The van der Waals surface area contributed by atoms with Crippen LogP contribution in [0.3, 0.4) is 0 Å². The minimum absolute atomic E-state index is 0.0275. The standard InChI is InChI=1S/C26H31N5O2S/c1-17(2)26(6,16-27)28-24(32)20(5)34-25-30-29-22(31(25)21-13-8-7-9-14-21)15-33-23-18(3)11-10-12-19(23)4/h7-14,17,20H,15H2,1-6H3,(H,28,32). The number of rotatable bonds is 9. The van der Waals surface area contributed by atoms with Gasteiger partial charge in [-0.25, -0.2) is 0 Å². The van der Waals surface area contributed by atoms with Crippen molar-refractivity contribution >= 4 is 17.7 Å². The van der Waals surface area contributed by atoms with Gasteiger partial charge < -0.3 is 10.1 Å². The topological polar surface area (TPSA) is 92.8 Å². The summed E-state index contributed by atoms with van der Waals surface area (Å²) in [6.45, 7) is 11.6. The minimum atomic E-state index is -0.941. The molecule has 3 rings (SSSR count). The molecule has 0 fully saturated rings. The summed E-state index contributed by atoms with van der Waals surface area (Å²) < 4.78 is 8.05. The van der Waals surface area contributed by atoms with Crippen LogP contribution in [0.5, 0.6) is 5.75 Å². The number of thioether (sulfide) groups is 1. The third-order valence-corrected chi connectivity index (χ3v) is 6.93. The molecule has 0 bridgehead atoms. The molecule has 0 radical (unpaired) electrons. The Labute approximate surface area is 205 Å². The van der Waals surface area contributed by atoms with Gasteiger partial charge in [-0.1, -0.05) is 62.0 Å². The molecular formula is C26H31N5O2S. The molecule has 1 amide bonds. The van der Waals surface area contributed by atoms with Crippen LogP contribution < -0.4 is 10.1 Å². The molecule has 1 aromatic heterocycles. The van der Waals surface area contributed by atoms with E-state index in [9.17, 15) is 10.1 Å². The third kappa shape index (κ3) is 5.60. The second-order valence-corrected chi connectivity index (χ2v) is 10.1. The molecule has 2 atom stereocenters. The van der Waals surface area contributed by atoms with E-state index in [0.717, 1.165) is 22.6 Å². The summed E-state index contributed by atoms with van der Waals surface area (Å²) in [6.07, 6.45) is 0. The molecule has 7 nitrogen and oxygen atoms in total. The largest absolute Gasteiger partial charge is 0.485 e. The van der Waals surface area contributed by atoms with Gasteiger partial charge >= 0.3 is 0 Å². The lowest BCUT2D eigenvalue weighted by Crippen LogP contribution is -2.51. The number of aromatic nitrogens is 3. The minimum Gasteiger partial charge on any atom is -0.485 e. The number of carbonyl (C=O) groups excluding carboxylic acids is 1. The quantitative estimate of drug-likeness (QED) is 0.436. The number of hydrogen-bond acceptors (Lipinski definition) is 6. The number of ether oxygens (including phenoxy) is 1. The highest BCUT2D eigenvalue weighted by atomic mass is 32.2. The molecule has 1 heterocycles. The third-order valence-electron chi connectivity index (χ3n) is 5.89. The lowest BCUT2D eigenvalue weighted by atomic mass is 9.90. The van der Waals surface area contributed by atoms with Crippen LogP contribution in [-0.2, 0) is 11.4 Å². The van der Waals surface area contributed by atoms with Crippen molar-refractivity contribution in [3.05, 3.63) is 65.5 Å². The zero-order chi connectivity index (χ0) is 24.9. The van der Waals surface area contributed by atoms with Crippen LogP contribution in [0.1, 0.15) is 44.6 Å². The fourth-order valence-corrected chi connectivity index (χ4v) is 4.23. The van der Waals surface area contributed by atoms with Crippen molar-refractivity contribution < 1.29 is 9.53 Å². The van der Waals surface area contributed by atoms with Crippen molar-refractivity contribution in [2.24, 2.45) is 5.92 Å². The molecule has 0 saturated heterocycles. The monoisotopic (exact) mass is 477 g/mol. The highest BCUT2D eigenvalue weighted by Gasteiger charge is 2.32. The summed E-state index contributed by atoms with van der Waals surface area (Å²) in [7, 11) is 0. The molecular weight excluding hydrogens is 446 g/mol. The van der Waals surface area contributed by atoms with Crippen molar-refractivity contribution in [2.45, 2.75) is 64.1 Å². The number of amides is 1. The molecule has 2 aromatic carbocycles. The zero-order valence-corrected chi connectivity index (χ0v) is 21.3. The number of nitriles is 1. The van der Waals surface area contributed by atoms with Gasteiger partial charge in [0.2, 0.25) is 5.91 Å². The van der Waals surface area contributed by atoms with Crippen molar-refractivity contribution in [3.8, 4) is 17.5 Å². The van der Waals surface area contributed by atoms with E-state index >= 15 is 0 Å². The number of aryl methyl sites for hydroxylation is 2. The van der Waals surface area contributed by atoms with Gasteiger partial charge in [-0.2, -0.15) is 5.26 Å². The van der Waals surface area contributed by atoms with Gasteiger partial charge in [0.25, 0.3) is 0 Å². The Balaban J connectivity index is 1.86. The Kier molecular flexibility index (Phi) is 8.00. The molecule has 178 valence electrons. The van der Waals surface area contributed by atoms with Gasteiger partial charge in [0, 0.05) is 5.69 Å². The van der Waals surface area contributed by atoms with Gasteiger partial charge in [-0.3, -0.25) is 9.36 Å². The van der Waals surface area contributed by atoms with Crippen molar-refractivity contribution in [3.63, 3.8) is 0 Å². The van der Waals surface area contributed by atoms with Gasteiger partial charge in [0.05, 0.1) is 11.3 Å². The van der Waals surface area contributed by atoms with Crippen LogP contribution in [-0.4, -0.2) is 31.5 Å². The van der Waals surface area contributed by atoms with Crippen LogP contribution in [0.25, 0.3) is 5.69 Å². The van der Waals surface area contributed by atoms with Crippen LogP contribution in [0.15, 0.2) is 53.7 Å². The summed E-state index contributed by atoms with van der Waals surface area (Å²) in [4.78, 5) is 12.9. The molecule has 1 N–H and O–H groups in total. The molecule has 0 aliphatic rings. The predicted molar refractivity (Wildman–Crippen MR) is 134 cm³/mol. The maximum atomic E-state index is 12.9. The van der Waals surface area contributed by atoms with E-state index in [1.807, 2.05) is 80.8 Å². The summed E-state index contributed by atoms with van der Waals surface area (Å²) in [6, 6.07) is 18.0. The first-order valence-corrected chi connectivity index (χ1v) is 12.1. The zero-order valence-electron chi connectivity index (χ0n) is 20.5. The van der Waals surface area contributed by atoms with Crippen LogP contribution >= 0.6 is 11.8 Å². The summed E-state index contributed by atoms with van der Waals surface area (Å²) in [5, 5.41) is 21.3. The van der Waals surface area contributed by atoms with Crippen molar-refractivity contribution in [2.75, 3.05) is 0 Å². The molecule has 0 saturated carbocycles. The van der Waals surface area contributed by atoms with E-state index in [1.165, 1.54) is 11.8 Å². The second kappa shape index (κ2) is 10.7. The number of nitrogens with zero attached hydrogens (tertiary/aromatic N) is 4. The van der Waals surface area contributed by atoms with Gasteiger partial charge in [-0.05, 0) is 56.9 Å². The number of para-hydroxylation sites is 2. The number of benzene rings is 2. The molecule has 8 heteroatoms. The molecule has 0 aliphatic heterocycles.